The summed E-state index contributed by atoms with van der Waals surface area (Å²) in [6.45, 7) is 0.190. The number of carboxylic acids is 1. The van der Waals surface area contributed by atoms with Gasteiger partial charge in [0.25, 0.3) is 23.3 Å². The van der Waals surface area contributed by atoms with Crippen molar-refractivity contribution in [1.29, 1.82) is 0 Å². The van der Waals surface area contributed by atoms with Crippen LogP contribution in [0.2, 0.25) is 0 Å². The van der Waals surface area contributed by atoms with Gasteiger partial charge in [-0.05, 0) is 30.7 Å². The molecule has 1 atom stereocenters. The number of carbonyl (C=O) groups is 5. The van der Waals surface area contributed by atoms with E-state index < -0.39 is 47.7 Å². The molecule has 1 aromatic carbocycles. The number of nitrogens with zero attached hydrogens (tertiary/aromatic N) is 4. The first-order valence-electron chi connectivity index (χ1n) is 11.6. The van der Waals surface area contributed by atoms with Crippen LogP contribution in [0, 0.1) is 0 Å². The molecule has 0 spiro atoms. The molecule has 39 heavy (non-hydrogen) atoms. The molecule has 3 heterocycles. The van der Waals surface area contributed by atoms with Crippen molar-refractivity contribution in [3.63, 3.8) is 0 Å². The number of aromatic amines is 1. The predicted octanol–water partition coefficient (Wildman–Crippen LogP) is -0.522. The number of amides is 3. The average molecular weight is 538 g/mol. The lowest BCUT2D eigenvalue weighted by Crippen LogP contribution is -2.45. The summed E-state index contributed by atoms with van der Waals surface area (Å²) in [4.78, 5) is 91.1. The molecule has 1 aliphatic heterocycles. The van der Waals surface area contributed by atoms with Crippen LogP contribution in [0.15, 0.2) is 35.3 Å². The second-order valence-electron chi connectivity index (χ2n) is 8.37. The molecular weight excluding hydrogens is 516 g/mol. The van der Waals surface area contributed by atoms with Crippen LogP contribution in [-0.4, -0.2) is 65.8 Å². The highest BCUT2D eigenvalue weighted by atomic mass is 16.7. The average Bonchev–Trinajstić information content (AvgIpc) is 3.22. The van der Waals surface area contributed by atoms with Gasteiger partial charge < -0.3 is 26.3 Å². The monoisotopic (exact) mass is 538 g/mol. The molecule has 202 valence electrons. The first kappa shape index (κ1) is 26.6. The maximum Gasteiger partial charge on any atom is 0.355 e. The van der Waals surface area contributed by atoms with E-state index in [1.54, 1.807) is 12.1 Å². The number of imide groups is 1. The lowest BCUT2D eigenvalue weighted by Gasteiger charge is -2.19. The molecule has 2 aromatic heterocycles. The summed E-state index contributed by atoms with van der Waals surface area (Å²) in [7, 11) is 0. The molecule has 6 N–H and O–H groups in total. The molecule has 0 bridgehead atoms. The van der Waals surface area contributed by atoms with Crippen molar-refractivity contribution < 1.29 is 33.9 Å². The molecule has 0 unspecified atom stereocenters. The van der Waals surface area contributed by atoms with Crippen molar-refractivity contribution in [3.05, 3.63) is 52.1 Å². The van der Waals surface area contributed by atoms with Gasteiger partial charge in [-0.3, -0.25) is 29.0 Å². The summed E-state index contributed by atoms with van der Waals surface area (Å²) in [6, 6.07) is 4.63. The van der Waals surface area contributed by atoms with E-state index in [-0.39, 0.29) is 48.5 Å². The molecule has 0 aliphatic carbocycles. The van der Waals surface area contributed by atoms with Gasteiger partial charge in [0.2, 0.25) is 5.95 Å². The fourth-order valence-corrected chi connectivity index (χ4v) is 3.56. The second kappa shape index (κ2) is 11.3. The largest absolute Gasteiger partial charge is 0.481 e. The zero-order valence-corrected chi connectivity index (χ0v) is 20.2. The predicted molar refractivity (Wildman–Crippen MR) is 131 cm³/mol. The van der Waals surface area contributed by atoms with Gasteiger partial charge in [0.15, 0.2) is 11.2 Å². The number of hydrogen-bond acceptors (Lipinski definition) is 12. The van der Waals surface area contributed by atoms with Gasteiger partial charge in [-0.25, -0.2) is 14.8 Å². The fourth-order valence-electron chi connectivity index (χ4n) is 3.56. The highest BCUT2D eigenvalue weighted by Gasteiger charge is 2.35. The molecule has 4 rings (SSSR count). The van der Waals surface area contributed by atoms with Crippen LogP contribution < -0.4 is 21.9 Å². The SMILES string of the molecule is Nc1nc2ncc(CNc3ccc(C(=O)N[C@@H](CCC(=O)O)C(=O)ON4C(=O)CCC4=O)cc3)nc2c(=O)[nH]1. The van der Waals surface area contributed by atoms with Gasteiger partial charge in [0, 0.05) is 30.5 Å². The molecule has 1 fully saturated rings. The molecule has 16 nitrogen and oxygen atoms in total. The smallest absolute Gasteiger partial charge is 0.355 e. The number of fused-ring (bicyclic) bond motifs is 1. The highest BCUT2D eigenvalue weighted by molar-refractivity contribution is 6.02. The van der Waals surface area contributed by atoms with E-state index in [4.69, 9.17) is 15.7 Å². The van der Waals surface area contributed by atoms with Gasteiger partial charge in [-0.15, -0.1) is 5.06 Å². The Morgan fingerprint density at radius 3 is 2.46 bits per heavy atom. The van der Waals surface area contributed by atoms with E-state index in [1.807, 2.05) is 0 Å². The van der Waals surface area contributed by atoms with Gasteiger partial charge in [0.1, 0.15) is 6.04 Å². The second-order valence-corrected chi connectivity index (χ2v) is 8.37. The van der Waals surface area contributed by atoms with Crippen LogP contribution in [0.4, 0.5) is 11.6 Å². The first-order chi connectivity index (χ1) is 18.6. The summed E-state index contributed by atoms with van der Waals surface area (Å²) >= 11 is 0. The number of rotatable bonds is 10. The zero-order valence-electron chi connectivity index (χ0n) is 20.2. The molecule has 3 amide bonds. The molecule has 3 aromatic rings. The standard InChI is InChI=1S/C23H22N8O8/c24-23-29-19-18(21(37)30-23)27-13(10-26-19)9-25-12-3-1-11(2-4-12)20(36)28-14(5-8-17(34)35)22(38)39-31-15(32)6-7-16(31)33/h1-4,10,14,25H,5-9H2,(H,28,36)(H,34,35)(H3,24,26,29,30,37)/t14-/m0/s1. The van der Waals surface area contributed by atoms with E-state index in [0.717, 1.165) is 0 Å². The molecule has 0 saturated carbocycles. The number of anilines is 2. The Hall–Kier alpha value is -5.41. The Bertz CT molecular complexity index is 1500. The van der Waals surface area contributed by atoms with Gasteiger partial charge in [-0.1, -0.05) is 0 Å². The third kappa shape index (κ3) is 6.48. The van der Waals surface area contributed by atoms with Crippen LogP contribution in [0.5, 0.6) is 0 Å². The van der Waals surface area contributed by atoms with Gasteiger partial charge in [0.05, 0.1) is 18.4 Å². The third-order valence-corrected chi connectivity index (χ3v) is 5.53. The highest BCUT2D eigenvalue weighted by Crippen LogP contribution is 2.15. The Morgan fingerprint density at radius 1 is 1.10 bits per heavy atom. The molecule has 1 aliphatic rings. The minimum atomic E-state index is -1.42. The molecule has 16 heteroatoms. The Balaban J connectivity index is 1.38. The molecule has 0 radical (unpaired) electrons. The number of hydroxylamine groups is 2. The molecule has 1 saturated heterocycles. The quantitative estimate of drug-likeness (QED) is 0.204. The van der Waals surface area contributed by atoms with Gasteiger partial charge in [-0.2, -0.15) is 4.98 Å². The summed E-state index contributed by atoms with van der Waals surface area (Å²) < 4.78 is 0. The van der Waals surface area contributed by atoms with E-state index in [2.05, 4.69) is 30.6 Å². The summed E-state index contributed by atoms with van der Waals surface area (Å²) in [5, 5.41) is 14.8. The topological polar surface area (TPSA) is 240 Å². The minimum Gasteiger partial charge on any atom is -0.481 e. The summed E-state index contributed by atoms with van der Waals surface area (Å²) in [5.41, 5.74) is 6.29. The number of carbonyl (C=O) groups excluding carboxylic acids is 4. The Kier molecular flexibility index (Phi) is 7.74. The first-order valence-corrected chi connectivity index (χ1v) is 11.6. The Morgan fingerprint density at radius 2 is 1.79 bits per heavy atom. The van der Waals surface area contributed by atoms with Crippen LogP contribution in [0.25, 0.3) is 11.2 Å². The number of nitrogens with one attached hydrogen (secondary N) is 3. The van der Waals surface area contributed by atoms with Crippen molar-refractivity contribution in [2.75, 3.05) is 11.1 Å². The van der Waals surface area contributed by atoms with E-state index in [9.17, 15) is 28.8 Å². The number of hydrogen-bond donors (Lipinski definition) is 5. The van der Waals surface area contributed by atoms with Crippen molar-refractivity contribution in [2.24, 2.45) is 0 Å². The van der Waals surface area contributed by atoms with Crippen LogP contribution in [0.1, 0.15) is 41.7 Å². The maximum atomic E-state index is 12.7. The number of nitrogens with two attached hydrogens (primary N) is 1. The third-order valence-electron chi connectivity index (χ3n) is 5.53. The van der Waals surface area contributed by atoms with Crippen molar-refractivity contribution in [3.8, 4) is 0 Å². The lowest BCUT2D eigenvalue weighted by atomic mass is 10.1. The maximum absolute atomic E-state index is 12.7. The Labute approximate surface area is 218 Å². The number of nitrogen functional groups attached to an aromatic ring is 1. The van der Waals surface area contributed by atoms with Crippen LogP contribution in [-0.2, 0) is 30.6 Å². The fraction of sp³-hybridized carbons (Fsp3) is 0.261. The van der Waals surface area contributed by atoms with E-state index in [1.165, 1.54) is 18.3 Å². The zero-order chi connectivity index (χ0) is 28.1. The number of benzene rings is 1. The number of H-pyrrole nitrogens is 1. The van der Waals surface area contributed by atoms with Crippen molar-refractivity contribution in [1.82, 2.24) is 30.3 Å². The van der Waals surface area contributed by atoms with Crippen LogP contribution in [0.3, 0.4) is 0 Å². The van der Waals surface area contributed by atoms with E-state index in [0.29, 0.717) is 16.4 Å². The molecular formula is C23H22N8O8. The normalized spacial score (nSPS) is 13.8. The summed E-state index contributed by atoms with van der Waals surface area (Å²) in [6.07, 6.45) is 0.404. The lowest BCUT2D eigenvalue weighted by molar-refractivity contribution is -0.199. The van der Waals surface area contributed by atoms with Crippen molar-refractivity contribution >= 4 is 52.5 Å². The number of carboxylic acid groups (broad SMARTS) is 1. The minimum absolute atomic E-state index is 0.0324. The van der Waals surface area contributed by atoms with Gasteiger partial charge >= 0.3 is 11.9 Å². The van der Waals surface area contributed by atoms with Crippen LogP contribution >= 0.6 is 0 Å². The summed E-state index contributed by atoms with van der Waals surface area (Å²) in [5.74, 6) is -4.55. The number of aliphatic carboxylic acids is 1. The number of aromatic nitrogens is 4. The van der Waals surface area contributed by atoms with E-state index >= 15 is 0 Å². The van der Waals surface area contributed by atoms with Crippen molar-refractivity contribution in [2.45, 2.75) is 38.3 Å².